The van der Waals surface area contributed by atoms with E-state index >= 15 is 0 Å². The van der Waals surface area contributed by atoms with Crippen LogP contribution in [-0.2, 0) is 0 Å². The molecule has 1 heterocycles. The van der Waals surface area contributed by atoms with Crippen LogP contribution >= 0.6 is 11.6 Å². The predicted octanol–water partition coefficient (Wildman–Crippen LogP) is 5.63. The minimum Gasteiger partial charge on any atom is -0.267 e. The highest BCUT2D eigenvalue weighted by Crippen LogP contribution is 2.25. The first kappa shape index (κ1) is 18.8. The fourth-order valence-corrected chi connectivity index (χ4v) is 3.22. The third kappa shape index (κ3) is 4.18. The van der Waals surface area contributed by atoms with Crippen LogP contribution in [0.3, 0.4) is 0 Å². The van der Waals surface area contributed by atoms with Gasteiger partial charge in [0.05, 0.1) is 23.0 Å². The second kappa shape index (κ2) is 8.25. The van der Waals surface area contributed by atoms with Gasteiger partial charge >= 0.3 is 0 Å². The Morgan fingerprint density at radius 2 is 1.72 bits per heavy atom. The van der Waals surface area contributed by atoms with Crippen molar-refractivity contribution in [2.24, 2.45) is 5.10 Å². The monoisotopic (exact) mass is 399 g/mol. The number of pyridine rings is 1. The van der Waals surface area contributed by atoms with Crippen LogP contribution in [-0.4, -0.2) is 17.1 Å². The van der Waals surface area contributed by atoms with Crippen LogP contribution in [0.5, 0.6) is 0 Å². The van der Waals surface area contributed by atoms with Crippen LogP contribution in [0.25, 0.3) is 22.2 Å². The molecule has 4 aromatic rings. The Hall–Kier alpha value is -3.50. The molecule has 0 aliphatic rings. The summed E-state index contributed by atoms with van der Waals surface area (Å²) in [5.74, 6) is -0.305. The van der Waals surface area contributed by atoms with E-state index in [-0.39, 0.29) is 5.91 Å². The van der Waals surface area contributed by atoms with Crippen LogP contribution in [0.2, 0.25) is 5.02 Å². The molecule has 0 bridgehead atoms. The number of nitrogens with one attached hydrogen (secondary N) is 1. The molecule has 1 amide bonds. The Bertz CT molecular complexity index is 1220. The summed E-state index contributed by atoms with van der Waals surface area (Å²) in [6.07, 6.45) is 1.53. The number of aromatic nitrogens is 1. The highest BCUT2D eigenvalue weighted by atomic mass is 35.5. The molecule has 1 aromatic heterocycles. The van der Waals surface area contributed by atoms with E-state index in [0.29, 0.717) is 10.6 Å². The predicted molar refractivity (Wildman–Crippen MR) is 118 cm³/mol. The van der Waals surface area contributed by atoms with Gasteiger partial charge in [0.25, 0.3) is 5.91 Å². The number of aryl methyl sites for hydroxylation is 1. The smallest absolute Gasteiger partial charge is 0.267 e. The number of amides is 1. The first-order valence-electron chi connectivity index (χ1n) is 9.16. The molecule has 5 heteroatoms. The van der Waals surface area contributed by atoms with Crippen molar-refractivity contribution in [3.05, 3.63) is 101 Å². The number of halogens is 1. The third-order valence-electron chi connectivity index (χ3n) is 4.58. The summed E-state index contributed by atoms with van der Waals surface area (Å²) in [5.41, 5.74) is 7.46. The Labute approximate surface area is 173 Å². The normalized spacial score (nSPS) is 11.1. The Morgan fingerprint density at radius 3 is 2.52 bits per heavy atom. The topological polar surface area (TPSA) is 54.4 Å². The van der Waals surface area contributed by atoms with Crippen molar-refractivity contribution in [2.75, 3.05) is 0 Å². The van der Waals surface area contributed by atoms with Crippen molar-refractivity contribution in [2.45, 2.75) is 6.92 Å². The molecule has 0 fully saturated rings. The Morgan fingerprint density at radius 1 is 1.00 bits per heavy atom. The molecule has 142 valence electrons. The molecule has 4 rings (SSSR count). The summed E-state index contributed by atoms with van der Waals surface area (Å²) < 4.78 is 0. The number of benzene rings is 3. The standard InChI is InChI=1S/C24H18ClN3O/c1-16-10-12-17(13-11-16)23-14-20(19-7-3-5-9-22(19)27-23)24(29)28-26-15-18-6-2-4-8-21(18)25/h2-15H,1H3,(H,28,29)/b26-15-. The van der Waals surface area contributed by atoms with Gasteiger partial charge in [0.1, 0.15) is 0 Å². The van der Waals surface area contributed by atoms with Crippen molar-refractivity contribution in [3.63, 3.8) is 0 Å². The molecule has 0 aliphatic heterocycles. The van der Waals surface area contributed by atoms with Gasteiger partial charge in [0.15, 0.2) is 0 Å². The lowest BCUT2D eigenvalue weighted by molar-refractivity contribution is 0.0956. The fraction of sp³-hybridized carbons (Fsp3) is 0.0417. The second-order valence-corrected chi connectivity index (χ2v) is 7.07. The number of rotatable bonds is 4. The molecule has 1 N–H and O–H groups in total. The van der Waals surface area contributed by atoms with E-state index in [4.69, 9.17) is 16.6 Å². The van der Waals surface area contributed by atoms with Crippen molar-refractivity contribution in [1.82, 2.24) is 10.4 Å². The lowest BCUT2D eigenvalue weighted by Crippen LogP contribution is -2.18. The molecule has 0 unspecified atom stereocenters. The lowest BCUT2D eigenvalue weighted by Gasteiger charge is -2.09. The zero-order valence-electron chi connectivity index (χ0n) is 15.8. The van der Waals surface area contributed by atoms with Gasteiger partial charge in [-0.2, -0.15) is 5.10 Å². The zero-order valence-corrected chi connectivity index (χ0v) is 16.5. The van der Waals surface area contributed by atoms with E-state index in [1.54, 1.807) is 12.1 Å². The highest BCUT2D eigenvalue weighted by molar-refractivity contribution is 6.33. The summed E-state index contributed by atoms with van der Waals surface area (Å²) in [7, 11) is 0. The quantitative estimate of drug-likeness (QED) is 0.357. The highest BCUT2D eigenvalue weighted by Gasteiger charge is 2.13. The molecular formula is C24H18ClN3O. The van der Waals surface area contributed by atoms with Crippen molar-refractivity contribution in [1.29, 1.82) is 0 Å². The van der Waals surface area contributed by atoms with Crippen LogP contribution in [0, 0.1) is 6.92 Å². The van der Waals surface area contributed by atoms with E-state index in [1.807, 2.05) is 73.7 Å². The van der Waals surface area contributed by atoms with Gasteiger partial charge in [-0.1, -0.05) is 77.8 Å². The number of hydrogen-bond acceptors (Lipinski definition) is 3. The maximum atomic E-state index is 12.9. The molecule has 0 atom stereocenters. The van der Waals surface area contributed by atoms with Gasteiger partial charge in [0.2, 0.25) is 0 Å². The van der Waals surface area contributed by atoms with E-state index in [0.717, 1.165) is 27.7 Å². The van der Waals surface area contributed by atoms with E-state index in [9.17, 15) is 4.79 Å². The van der Waals surface area contributed by atoms with E-state index in [2.05, 4.69) is 10.5 Å². The molecule has 0 aliphatic carbocycles. The summed E-state index contributed by atoms with van der Waals surface area (Å²) in [6.45, 7) is 2.04. The summed E-state index contributed by atoms with van der Waals surface area (Å²) in [5, 5.41) is 5.41. The second-order valence-electron chi connectivity index (χ2n) is 6.66. The summed E-state index contributed by atoms with van der Waals surface area (Å²) >= 11 is 6.12. The Balaban J connectivity index is 1.69. The van der Waals surface area contributed by atoms with Crippen LogP contribution < -0.4 is 5.43 Å². The molecule has 4 nitrogen and oxygen atoms in total. The van der Waals surface area contributed by atoms with Crippen LogP contribution in [0.1, 0.15) is 21.5 Å². The summed E-state index contributed by atoms with van der Waals surface area (Å²) in [4.78, 5) is 17.6. The van der Waals surface area contributed by atoms with Crippen LogP contribution in [0.4, 0.5) is 0 Å². The van der Waals surface area contributed by atoms with Gasteiger partial charge in [0, 0.05) is 21.5 Å². The number of fused-ring (bicyclic) bond motifs is 1. The SMILES string of the molecule is Cc1ccc(-c2cc(C(=O)N/N=C\c3ccccc3Cl)c3ccccc3n2)cc1. The van der Waals surface area contributed by atoms with Crippen LogP contribution in [0.15, 0.2) is 84.0 Å². The number of hydrazone groups is 1. The first-order chi connectivity index (χ1) is 14.1. The van der Waals surface area contributed by atoms with Gasteiger partial charge in [-0.3, -0.25) is 4.79 Å². The molecule has 0 saturated heterocycles. The van der Waals surface area contributed by atoms with Gasteiger partial charge < -0.3 is 0 Å². The van der Waals surface area contributed by atoms with Crippen molar-refractivity contribution >= 4 is 34.6 Å². The number of carbonyl (C=O) groups is 1. The van der Waals surface area contributed by atoms with Gasteiger partial charge in [-0.15, -0.1) is 0 Å². The number of carbonyl (C=O) groups excluding carboxylic acids is 1. The fourth-order valence-electron chi connectivity index (χ4n) is 3.04. The van der Waals surface area contributed by atoms with E-state index in [1.165, 1.54) is 11.8 Å². The van der Waals surface area contributed by atoms with Crippen molar-refractivity contribution in [3.8, 4) is 11.3 Å². The minimum atomic E-state index is -0.305. The Kier molecular flexibility index (Phi) is 5.36. The van der Waals surface area contributed by atoms with Gasteiger partial charge in [-0.05, 0) is 25.1 Å². The van der Waals surface area contributed by atoms with Crippen molar-refractivity contribution < 1.29 is 4.79 Å². The summed E-state index contributed by atoms with van der Waals surface area (Å²) in [6, 6.07) is 24.7. The largest absolute Gasteiger partial charge is 0.272 e. The number of para-hydroxylation sites is 1. The molecule has 3 aromatic carbocycles. The average Bonchev–Trinajstić information content (AvgIpc) is 2.74. The van der Waals surface area contributed by atoms with E-state index < -0.39 is 0 Å². The minimum absolute atomic E-state index is 0.305. The average molecular weight is 400 g/mol. The molecular weight excluding hydrogens is 382 g/mol. The molecule has 0 spiro atoms. The maximum Gasteiger partial charge on any atom is 0.272 e. The lowest BCUT2D eigenvalue weighted by atomic mass is 10.0. The van der Waals surface area contributed by atoms with Gasteiger partial charge in [-0.25, -0.2) is 10.4 Å². The molecule has 29 heavy (non-hydrogen) atoms. The third-order valence-corrected chi connectivity index (χ3v) is 4.93. The maximum absolute atomic E-state index is 12.9. The number of nitrogens with zero attached hydrogens (tertiary/aromatic N) is 2. The number of hydrogen-bond donors (Lipinski definition) is 1. The molecule has 0 saturated carbocycles. The molecule has 0 radical (unpaired) electrons. The first-order valence-corrected chi connectivity index (χ1v) is 9.54. The zero-order chi connectivity index (χ0) is 20.2.